The lowest BCUT2D eigenvalue weighted by molar-refractivity contribution is -0.145. The molecular weight excluding hydrogens is 937 g/mol. The third kappa shape index (κ3) is 26.0. The third-order valence-corrected chi connectivity index (χ3v) is 12.5. The van der Waals surface area contributed by atoms with Gasteiger partial charge >= 0.3 is 0 Å². The topological polar surface area (TPSA) is 354 Å². The Balaban J connectivity index is 7.06. The van der Waals surface area contributed by atoms with Crippen LogP contribution in [0.1, 0.15) is 139 Å². The van der Waals surface area contributed by atoms with Gasteiger partial charge in [0.1, 0.15) is 24.2 Å². The fraction of sp³-hybridized carbons (Fsp3) is 0.843. The molecule has 8 amide bonds. The van der Waals surface area contributed by atoms with Gasteiger partial charge in [-0.1, -0.05) is 55.4 Å². The van der Waals surface area contributed by atoms with E-state index >= 15 is 0 Å². The average Bonchev–Trinajstić information content (AvgIpc) is 3.33. The van der Waals surface area contributed by atoms with Gasteiger partial charge in [-0.2, -0.15) is 0 Å². The van der Waals surface area contributed by atoms with Gasteiger partial charge in [0.25, 0.3) is 0 Å². The van der Waals surface area contributed by atoms with E-state index in [0.29, 0.717) is 90.8 Å². The molecule has 0 fully saturated rings. The van der Waals surface area contributed by atoms with Crippen molar-refractivity contribution in [3.8, 4) is 0 Å². The molecular formula is C51H102N14O8. The molecule has 0 aromatic carbocycles. The van der Waals surface area contributed by atoms with Gasteiger partial charge in [0.05, 0.1) is 0 Å². The summed E-state index contributed by atoms with van der Waals surface area (Å²) in [6.07, 6.45) is 3.95. The van der Waals surface area contributed by atoms with Crippen LogP contribution in [0, 0.1) is 23.7 Å². The molecule has 0 aliphatic rings. The molecule has 0 aromatic rings. The first-order chi connectivity index (χ1) is 34.7. The molecule has 0 radical (unpaired) electrons. The summed E-state index contributed by atoms with van der Waals surface area (Å²) in [7, 11) is 0. The highest BCUT2D eigenvalue weighted by Gasteiger charge is 2.37. The number of carbonyl (C=O) groups excluding carboxylic acids is 8. The Hall–Kier alpha value is -4.48. The standard InChI is InChI=1S/C51H102N14O8/c1-36(2)44(48(70)58-28-13-25-55)62(40(66)18-9-22-52)32-12-21-43(69)65(35-17-34-64(42(68)20-11-24-54)46(38(5)6)50(72)60-30-15-27-57)47(39(7)8)51(73)61-31-16-33-63(41(67)19-10-23-53)45(37(3)4)49(71)59-29-14-26-56/h36-39,44-47H,9-35,52-57H2,1-8H3,(H,58,70)(H,59,71)(H,60,72)(H,61,73). The van der Waals surface area contributed by atoms with E-state index in [1.807, 2.05) is 55.4 Å². The highest BCUT2D eigenvalue weighted by Crippen LogP contribution is 2.21. The van der Waals surface area contributed by atoms with Crippen LogP contribution < -0.4 is 55.7 Å². The highest BCUT2D eigenvalue weighted by atomic mass is 16.2. The molecule has 0 rings (SSSR count). The number of nitrogens with two attached hydrogens (primary N) is 6. The Labute approximate surface area is 438 Å². The second-order valence-corrected chi connectivity index (χ2v) is 20.2. The summed E-state index contributed by atoms with van der Waals surface area (Å²) in [5, 5.41) is 11.7. The van der Waals surface area contributed by atoms with Crippen LogP contribution in [0.5, 0.6) is 0 Å². The van der Waals surface area contributed by atoms with Crippen molar-refractivity contribution in [1.82, 2.24) is 40.9 Å². The van der Waals surface area contributed by atoms with Gasteiger partial charge in [-0.3, -0.25) is 38.4 Å². The van der Waals surface area contributed by atoms with Crippen LogP contribution in [-0.4, -0.2) is 183 Å². The summed E-state index contributed by atoms with van der Waals surface area (Å²) in [6, 6.07) is -3.40. The van der Waals surface area contributed by atoms with Crippen LogP contribution in [0.3, 0.4) is 0 Å². The maximum atomic E-state index is 14.7. The van der Waals surface area contributed by atoms with E-state index in [1.165, 1.54) is 9.80 Å². The van der Waals surface area contributed by atoms with Crippen molar-refractivity contribution >= 4 is 47.3 Å². The SMILES string of the molecule is CC(C)C(C(=O)NCCCN)N(CCCNC(=O)C(C(C)C)N(CCCN(C(=O)CCCN)C(C(=O)NCCCN)C(C)C)C(=O)CCCN(C(=O)CCCN)C(C(=O)NCCCN)C(C)C)C(=O)CCCN. The summed E-state index contributed by atoms with van der Waals surface area (Å²) in [4.78, 5) is 117. The molecule has 0 heterocycles. The summed E-state index contributed by atoms with van der Waals surface area (Å²) in [5.74, 6) is -3.66. The third-order valence-electron chi connectivity index (χ3n) is 12.5. The zero-order valence-corrected chi connectivity index (χ0v) is 46.2. The summed E-state index contributed by atoms with van der Waals surface area (Å²) in [6.45, 7) is 18.4. The van der Waals surface area contributed by atoms with Crippen molar-refractivity contribution in [2.75, 3.05) is 91.6 Å². The van der Waals surface area contributed by atoms with Gasteiger partial charge in [0, 0.05) is 78.0 Å². The number of hydrogen-bond acceptors (Lipinski definition) is 14. The molecule has 4 unspecified atom stereocenters. The van der Waals surface area contributed by atoms with Gasteiger partial charge in [0.2, 0.25) is 47.3 Å². The van der Waals surface area contributed by atoms with E-state index < -0.39 is 36.0 Å². The van der Waals surface area contributed by atoms with E-state index in [9.17, 15) is 38.4 Å². The predicted octanol–water partition coefficient (Wildman–Crippen LogP) is -0.313. The number of carbonyl (C=O) groups is 8. The highest BCUT2D eigenvalue weighted by molar-refractivity contribution is 5.90. The minimum atomic E-state index is -0.993. The van der Waals surface area contributed by atoms with E-state index in [0.717, 1.165) is 0 Å². The molecule has 0 bridgehead atoms. The number of nitrogens with zero attached hydrogens (tertiary/aromatic N) is 4. The second-order valence-electron chi connectivity index (χ2n) is 20.2. The van der Waals surface area contributed by atoms with Crippen molar-refractivity contribution in [1.29, 1.82) is 0 Å². The quantitative estimate of drug-likeness (QED) is 0.0351. The minimum Gasteiger partial charge on any atom is -0.354 e. The number of amides is 8. The fourth-order valence-corrected chi connectivity index (χ4v) is 8.86. The monoisotopic (exact) mass is 1040 g/mol. The minimum absolute atomic E-state index is 0.0332. The van der Waals surface area contributed by atoms with Crippen LogP contribution in [-0.2, 0) is 38.4 Å². The van der Waals surface area contributed by atoms with Gasteiger partial charge in [0.15, 0.2) is 0 Å². The van der Waals surface area contributed by atoms with E-state index in [-0.39, 0.29) is 143 Å². The predicted molar refractivity (Wildman–Crippen MR) is 288 cm³/mol. The maximum Gasteiger partial charge on any atom is 0.243 e. The molecule has 0 saturated heterocycles. The van der Waals surface area contributed by atoms with Crippen molar-refractivity contribution in [3.63, 3.8) is 0 Å². The van der Waals surface area contributed by atoms with Crippen LogP contribution in [0.15, 0.2) is 0 Å². The van der Waals surface area contributed by atoms with Crippen molar-refractivity contribution in [2.45, 2.75) is 163 Å². The first-order valence-corrected chi connectivity index (χ1v) is 27.2. The van der Waals surface area contributed by atoms with Crippen LogP contribution in [0.25, 0.3) is 0 Å². The Morgan fingerprint density at radius 3 is 0.740 bits per heavy atom. The van der Waals surface area contributed by atoms with Gasteiger partial charge in [-0.15, -0.1) is 0 Å². The van der Waals surface area contributed by atoms with Gasteiger partial charge in [-0.25, -0.2) is 0 Å². The molecule has 424 valence electrons. The Morgan fingerprint density at radius 1 is 0.301 bits per heavy atom. The molecule has 22 nitrogen and oxygen atoms in total. The molecule has 0 aromatic heterocycles. The molecule has 0 saturated carbocycles. The molecule has 0 aliphatic carbocycles. The lowest BCUT2D eigenvalue weighted by atomic mass is 9.98. The fourth-order valence-electron chi connectivity index (χ4n) is 8.86. The van der Waals surface area contributed by atoms with E-state index in [2.05, 4.69) is 21.3 Å². The van der Waals surface area contributed by atoms with Crippen LogP contribution in [0.4, 0.5) is 0 Å². The normalized spacial score (nSPS) is 13.1. The summed E-state index contributed by atoms with van der Waals surface area (Å²) in [5.41, 5.74) is 34.3. The first kappa shape index (κ1) is 68.5. The maximum absolute atomic E-state index is 14.7. The average molecular weight is 1040 g/mol. The number of hydrogen-bond donors (Lipinski definition) is 10. The molecule has 16 N–H and O–H groups in total. The first-order valence-electron chi connectivity index (χ1n) is 27.2. The van der Waals surface area contributed by atoms with Gasteiger partial charge < -0.3 is 75.3 Å². The zero-order chi connectivity index (χ0) is 55.5. The number of nitrogens with one attached hydrogen (secondary N) is 4. The van der Waals surface area contributed by atoms with E-state index in [4.69, 9.17) is 34.4 Å². The molecule has 73 heavy (non-hydrogen) atoms. The summed E-state index contributed by atoms with van der Waals surface area (Å²) >= 11 is 0. The number of rotatable bonds is 42. The van der Waals surface area contributed by atoms with Crippen molar-refractivity contribution in [2.24, 2.45) is 58.1 Å². The molecule has 22 heteroatoms. The Kier molecular flexibility index (Phi) is 37.5. The lowest BCUT2D eigenvalue weighted by Crippen LogP contribution is -2.55. The van der Waals surface area contributed by atoms with Gasteiger partial charge in [-0.05, 0) is 121 Å². The van der Waals surface area contributed by atoms with Crippen LogP contribution in [0.2, 0.25) is 0 Å². The summed E-state index contributed by atoms with van der Waals surface area (Å²) < 4.78 is 0. The smallest absolute Gasteiger partial charge is 0.243 e. The Morgan fingerprint density at radius 2 is 0.507 bits per heavy atom. The van der Waals surface area contributed by atoms with Crippen molar-refractivity contribution < 1.29 is 38.4 Å². The largest absolute Gasteiger partial charge is 0.354 e. The van der Waals surface area contributed by atoms with Crippen molar-refractivity contribution in [3.05, 3.63) is 0 Å². The molecule has 4 atom stereocenters. The molecule has 0 aliphatic heterocycles. The molecule has 0 spiro atoms. The second kappa shape index (κ2) is 39.9. The Bertz CT molecular complexity index is 1620. The van der Waals surface area contributed by atoms with Crippen LogP contribution >= 0.6 is 0 Å². The van der Waals surface area contributed by atoms with E-state index in [1.54, 1.807) is 9.80 Å². The zero-order valence-electron chi connectivity index (χ0n) is 46.2. The lowest BCUT2D eigenvalue weighted by Gasteiger charge is -2.37.